The number of aromatic nitrogens is 2. The van der Waals surface area contributed by atoms with Crippen LogP contribution in [-0.2, 0) is 7.05 Å². The van der Waals surface area contributed by atoms with Crippen molar-refractivity contribution >= 4 is 11.5 Å². The molecule has 0 amide bonds. The summed E-state index contributed by atoms with van der Waals surface area (Å²) < 4.78 is 1.52. The molecule has 1 aliphatic rings. The highest BCUT2D eigenvalue weighted by atomic mass is 16.6. The number of hydrogen-bond donors (Lipinski definition) is 1. The smallest absolute Gasteiger partial charge is 0.330 e. The SMILES string of the molecule is CC(C)N(CC1CCNCC1)c1nn(C)cc1[N+](=O)[O-]. The van der Waals surface area contributed by atoms with Crippen molar-refractivity contribution in [1.29, 1.82) is 0 Å². The fourth-order valence-electron chi connectivity index (χ4n) is 2.68. The third-order valence-corrected chi connectivity index (χ3v) is 3.80. The molecule has 20 heavy (non-hydrogen) atoms. The van der Waals surface area contributed by atoms with E-state index in [0.29, 0.717) is 11.7 Å². The number of rotatable bonds is 5. The van der Waals surface area contributed by atoms with Crippen LogP contribution in [0.5, 0.6) is 0 Å². The van der Waals surface area contributed by atoms with Gasteiger partial charge in [0.1, 0.15) is 6.20 Å². The first-order valence-corrected chi connectivity index (χ1v) is 7.14. The number of aryl methyl sites for hydroxylation is 1. The van der Waals surface area contributed by atoms with Crippen molar-refractivity contribution in [2.45, 2.75) is 32.7 Å². The Morgan fingerprint density at radius 1 is 1.55 bits per heavy atom. The molecule has 0 aliphatic carbocycles. The minimum absolute atomic E-state index is 0.0927. The molecule has 1 aromatic rings. The molecule has 1 fully saturated rings. The molecule has 2 heterocycles. The van der Waals surface area contributed by atoms with E-state index in [2.05, 4.69) is 29.2 Å². The lowest BCUT2D eigenvalue weighted by Crippen LogP contribution is -2.40. The van der Waals surface area contributed by atoms with Gasteiger partial charge in [-0.1, -0.05) is 0 Å². The van der Waals surface area contributed by atoms with Crippen molar-refractivity contribution in [3.63, 3.8) is 0 Å². The van der Waals surface area contributed by atoms with E-state index in [4.69, 9.17) is 0 Å². The van der Waals surface area contributed by atoms with Crippen molar-refractivity contribution in [3.05, 3.63) is 16.3 Å². The molecule has 7 nitrogen and oxygen atoms in total. The van der Waals surface area contributed by atoms with E-state index in [1.54, 1.807) is 7.05 Å². The first kappa shape index (κ1) is 14.8. The third-order valence-electron chi connectivity index (χ3n) is 3.80. The highest BCUT2D eigenvalue weighted by Crippen LogP contribution is 2.29. The van der Waals surface area contributed by atoms with Gasteiger partial charge in [-0.15, -0.1) is 5.10 Å². The zero-order valence-electron chi connectivity index (χ0n) is 12.4. The van der Waals surface area contributed by atoms with Gasteiger partial charge < -0.3 is 10.2 Å². The van der Waals surface area contributed by atoms with E-state index in [1.807, 2.05) is 0 Å². The van der Waals surface area contributed by atoms with Crippen molar-refractivity contribution in [3.8, 4) is 0 Å². The summed E-state index contributed by atoms with van der Waals surface area (Å²) in [4.78, 5) is 12.9. The largest absolute Gasteiger partial charge is 0.347 e. The van der Waals surface area contributed by atoms with Crippen molar-refractivity contribution in [2.24, 2.45) is 13.0 Å². The zero-order valence-corrected chi connectivity index (χ0v) is 12.4. The number of anilines is 1. The maximum Gasteiger partial charge on any atom is 0.330 e. The van der Waals surface area contributed by atoms with E-state index in [-0.39, 0.29) is 16.7 Å². The molecule has 0 bridgehead atoms. The van der Waals surface area contributed by atoms with Gasteiger partial charge in [-0.05, 0) is 45.7 Å². The van der Waals surface area contributed by atoms with Gasteiger partial charge in [0, 0.05) is 19.6 Å². The molecule has 1 N–H and O–H groups in total. The van der Waals surface area contributed by atoms with Crippen molar-refractivity contribution < 1.29 is 4.92 Å². The minimum atomic E-state index is -0.347. The van der Waals surface area contributed by atoms with Gasteiger partial charge in [-0.25, -0.2) is 0 Å². The van der Waals surface area contributed by atoms with Crippen LogP contribution in [0.4, 0.5) is 11.5 Å². The normalized spacial score (nSPS) is 16.6. The predicted octanol–water partition coefficient (Wildman–Crippen LogP) is 1.54. The van der Waals surface area contributed by atoms with Gasteiger partial charge in [0.15, 0.2) is 0 Å². The lowest BCUT2D eigenvalue weighted by molar-refractivity contribution is -0.384. The Morgan fingerprint density at radius 2 is 2.20 bits per heavy atom. The zero-order chi connectivity index (χ0) is 14.7. The summed E-state index contributed by atoms with van der Waals surface area (Å²) >= 11 is 0. The standard InChI is InChI=1S/C13H23N5O2/c1-10(2)17(8-11-4-6-14-7-5-11)13-12(18(19)20)9-16(3)15-13/h9-11,14H,4-8H2,1-3H3. The molecular formula is C13H23N5O2. The number of nitrogens with one attached hydrogen (secondary N) is 1. The lowest BCUT2D eigenvalue weighted by atomic mass is 9.97. The van der Waals surface area contributed by atoms with Crippen LogP contribution >= 0.6 is 0 Å². The molecule has 0 spiro atoms. The van der Waals surface area contributed by atoms with Crippen molar-refractivity contribution in [1.82, 2.24) is 15.1 Å². The number of piperidine rings is 1. The van der Waals surface area contributed by atoms with Gasteiger partial charge >= 0.3 is 5.69 Å². The minimum Gasteiger partial charge on any atom is -0.347 e. The fraction of sp³-hybridized carbons (Fsp3) is 0.769. The van der Waals surface area contributed by atoms with Crippen LogP contribution in [0, 0.1) is 16.0 Å². The highest BCUT2D eigenvalue weighted by molar-refractivity contribution is 5.57. The van der Waals surface area contributed by atoms with E-state index in [9.17, 15) is 10.1 Å². The number of hydrogen-bond acceptors (Lipinski definition) is 5. The molecule has 1 saturated heterocycles. The molecule has 0 atom stereocenters. The molecule has 0 radical (unpaired) electrons. The second-order valence-electron chi connectivity index (χ2n) is 5.71. The summed E-state index contributed by atoms with van der Waals surface area (Å²) in [5, 5.41) is 18.8. The van der Waals surface area contributed by atoms with Crippen LogP contribution in [-0.4, -0.2) is 40.4 Å². The molecule has 0 unspecified atom stereocenters. The highest BCUT2D eigenvalue weighted by Gasteiger charge is 2.28. The van der Waals surface area contributed by atoms with Gasteiger partial charge in [0.25, 0.3) is 0 Å². The van der Waals surface area contributed by atoms with Crippen LogP contribution in [0.1, 0.15) is 26.7 Å². The Kier molecular flexibility index (Phi) is 4.59. The molecule has 0 aromatic carbocycles. The van der Waals surface area contributed by atoms with Crippen molar-refractivity contribution in [2.75, 3.05) is 24.5 Å². The molecule has 2 rings (SSSR count). The average Bonchev–Trinajstić information content (AvgIpc) is 2.79. The van der Waals surface area contributed by atoms with E-state index in [0.717, 1.165) is 32.5 Å². The Balaban J connectivity index is 2.21. The van der Waals surface area contributed by atoms with Crippen LogP contribution in [0.3, 0.4) is 0 Å². The molecule has 1 aliphatic heterocycles. The average molecular weight is 281 g/mol. The fourth-order valence-corrected chi connectivity index (χ4v) is 2.68. The molecule has 7 heteroatoms. The van der Waals surface area contributed by atoms with Gasteiger partial charge in [0.05, 0.1) is 4.92 Å². The molecule has 112 valence electrons. The first-order valence-electron chi connectivity index (χ1n) is 7.14. The lowest BCUT2D eigenvalue weighted by Gasteiger charge is -2.32. The van der Waals surface area contributed by atoms with Crippen LogP contribution in [0.25, 0.3) is 0 Å². The topological polar surface area (TPSA) is 76.2 Å². The summed E-state index contributed by atoms with van der Waals surface area (Å²) in [6.07, 6.45) is 3.71. The monoisotopic (exact) mass is 281 g/mol. The Bertz CT molecular complexity index is 465. The molecule has 1 aromatic heterocycles. The van der Waals surface area contributed by atoms with Gasteiger partial charge in [-0.2, -0.15) is 0 Å². The Hall–Kier alpha value is -1.63. The van der Waals surface area contributed by atoms with Crippen LogP contribution in [0.15, 0.2) is 6.20 Å². The third kappa shape index (κ3) is 3.27. The second kappa shape index (κ2) is 6.21. The number of nitro groups is 1. The summed E-state index contributed by atoms with van der Waals surface area (Å²) in [5.41, 5.74) is 0.0927. The first-order chi connectivity index (χ1) is 9.49. The maximum absolute atomic E-state index is 11.2. The van der Waals surface area contributed by atoms with Crippen LogP contribution < -0.4 is 10.2 Å². The van der Waals surface area contributed by atoms with Gasteiger partial charge in [0.2, 0.25) is 5.82 Å². The van der Waals surface area contributed by atoms with Gasteiger partial charge in [-0.3, -0.25) is 14.8 Å². The summed E-state index contributed by atoms with van der Waals surface area (Å²) in [5.74, 6) is 1.06. The summed E-state index contributed by atoms with van der Waals surface area (Å²) in [6.45, 7) is 7.00. The number of nitrogens with zero attached hydrogens (tertiary/aromatic N) is 4. The molecular weight excluding hydrogens is 258 g/mol. The Labute approximate surface area is 119 Å². The Morgan fingerprint density at radius 3 is 2.75 bits per heavy atom. The predicted molar refractivity (Wildman–Crippen MR) is 77.9 cm³/mol. The van der Waals surface area contributed by atoms with E-state index < -0.39 is 0 Å². The maximum atomic E-state index is 11.2. The molecule has 0 saturated carbocycles. The van der Waals surface area contributed by atoms with E-state index in [1.165, 1.54) is 10.9 Å². The summed E-state index contributed by atoms with van der Waals surface area (Å²) in [7, 11) is 1.72. The summed E-state index contributed by atoms with van der Waals surface area (Å²) in [6, 6.07) is 0.193. The van der Waals surface area contributed by atoms with E-state index >= 15 is 0 Å². The second-order valence-corrected chi connectivity index (χ2v) is 5.71. The quantitative estimate of drug-likeness (QED) is 0.654. The van der Waals surface area contributed by atoms with Crippen LogP contribution in [0.2, 0.25) is 0 Å².